The minimum absolute atomic E-state index is 0.0712. The van der Waals surface area contributed by atoms with Crippen LogP contribution >= 0.6 is 11.6 Å². The van der Waals surface area contributed by atoms with Gasteiger partial charge in [-0.2, -0.15) is 0 Å². The summed E-state index contributed by atoms with van der Waals surface area (Å²) in [7, 11) is 0. The van der Waals surface area contributed by atoms with Gasteiger partial charge in [0.15, 0.2) is 5.70 Å². The van der Waals surface area contributed by atoms with E-state index >= 15 is 0 Å². The first kappa shape index (κ1) is 16.5. The Morgan fingerprint density at radius 1 is 1.04 bits per heavy atom. The lowest BCUT2D eigenvalue weighted by Gasteiger charge is -2.18. The van der Waals surface area contributed by atoms with E-state index in [0.29, 0.717) is 10.9 Å². The third kappa shape index (κ3) is 3.41. The van der Waals surface area contributed by atoms with Crippen molar-refractivity contribution in [2.24, 2.45) is 4.99 Å². The van der Waals surface area contributed by atoms with Gasteiger partial charge < -0.3 is 4.74 Å². The third-order valence-corrected chi connectivity index (χ3v) is 4.16. The molecule has 4 heteroatoms. The number of aliphatic imine (C=N–C) groups is 1. The zero-order chi connectivity index (χ0) is 17.3. The van der Waals surface area contributed by atoms with E-state index in [2.05, 4.69) is 25.8 Å². The van der Waals surface area contributed by atoms with Crippen molar-refractivity contribution in [3.8, 4) is 0 Å². The Hall–Kier alpha value is -2.39. The fourth-order valence-electron chi connectivity index (χ4n) is 2.38. The second-order valence-electron chi connectivity index (χ2n) is 6.68. The molecule has 0 fully saturated rings. The number of carbonyl (C=O) groups excluding carboxylic acids is 1. The molecule has 1 aliphatic heterocycles. The van der Waals surface area contributed by atoms with Crippen molar-refractivity contribution >= 4 is 29.5 Å². The topological polar surface area (TPSA) is 38.7 Å². The smallest absolute Gasteiger partial charge is 0.363 e. The first-order chi connectivity index (χ1) is 11.3. The summed E-state index contributed by atoms with van der Waals surface area (Å²) >= 11 is 6.12. The standard InChI is InChI=1S/C20H18ClNO2/c1-20(2,3)15-10-8-13(9-11-15)18-22-17(19(23)24-18)12-14-6-4-5-7-16(14)21/h4-12H,1-3H3. The number of halogens is 1. The molecule has 0 bridgehead atoms. The van der Waals surface area contributed by atoms with Crippen LogP contribution in [0.5, 0.6) is 0 Å². The minimum atomic E-state index is -0.468. The van der Waals surface area contributed by atoms with Crippen LogP contribution < -0.4 is 0 Å². The maximum absolute atomic E-state index is 12.1. The van der Waals surface area contributed by atoms with Gasteiger partial charge in [0.1, 0.15) is 0 Å². The van der Waals surface area contributed by atoms with E-state index < -0.39 is 5.97 Å². The van der Waals surface area contributed by atoms with E-state index in [0.717, 1.165) is 11.1 Å². The van der Waals surface area contributed by atoms with Crippen LogP contribution in [0.4, 0.5) is 0 Å². The largest absolute Gasteiger partial charge is 0.402 e. The van der Waals surface area contributed by atoms with E-state index in [4.69, 9.17) is 16.3 Å². The van der Waals surface area contributed by atoms with Gasteiger partial charge in [0.2, 0.25) is 5.90 Å². The molecule has 0 unspecified atom stereocenters. The number of hydrogen-bond donors (Lipinski definition) is 0. The van der Waals surface area contributed by atoms with Crippen LogP contribution in [-0.2, 0) is 14.9 Å². The summed E-state index contributed by atoms with van der Waals surface area (Å²) in [6.07, 6.45) is 1.64. The lowest BCUT2D eigenvalue weighted by molar-refractivity contribution is -0.129. The summed E-state index contributed by atoms with van der Waals surface area (Å²) in [6.45, 7) is 6.46. The van der Waals surface area contributed by atoms with Crippen LogP contribution in [-0.4, -0.2) is 11.9 Å². The van der Waals surface area contributed by atoms with Crippen molar-refractivity contribution in [1.82, 2.24) is 0 Å². The van der Waals surface area contributed by atoms with Crippen molar-refractivity contribution in [3.05, 3.63) is 75.9 Å². The molecule has 0 N–H and O–H groups in total. The number of rotatable bonds is 2. The number of esters is 1. The second-order valence-corrected chi connectivity index (χ2v) is 7.09. The lowest BCUT2D eigenvalue weighted by atomic mass is 9.87. The van der Waals surface area contributed by atoms with Gasteiger partial charge >= 0.3 is 5.97 Å². The van der Waals surface area contributed by atoms with Crippen molar-refractivity contribution in [1.29, 1.82) is 0 Å². The van der Waals surface area contributed by atoms with Crippen LogP contribution in [0, 0.1) is 0 Å². The summed E-state index contributed by atoms with van der Waals surface area (Å²) in [5.74, 6) is -0.149. The Bertz CT molecular complexity index is 843. The summed E-state index contributed by atoms with van der Waals surface area (Å²) in [6, 6.07) is 15.2. The Labute approximate surface area is 146 Å². The zero-order valence-corrected chi connectivity index (χ0v) is 14.6. The summed E-state index contributed by atoms with van der Waals surface area (Å²) in [4.78, 5) is 16.4. The Morgan fingerprint density at radius 3 is 2.33 bits per heavy atom. The predicted molar refractivity (Wildman–Crippen MR) is 97.2 cm³/mol. The molecule has 0 saturated carbocycles. The van der Waals surface area contributed by atoms with Gasteiger partial charge in [-0.3, -0.25) is 0 Å². The number of ether oxygens (including phenoxy) is 1. The van der Waals surface area contributed by atoms with Crippen LogP contribution in [0.25, 0.3) is 6.08 Å². The van der Waals surface area contributed by atoms with Crippen LogP contribution in [0.2, 0.25) is 5.02 Å². The minimum Gasteiger partial charge on any atom is -0.402 e. The Kier molecular flexibility index (Phi) is 4.29. The first-order valence-electron chi connectivity index (χ1n) is 7.72. The average molecular weight is 340 g/mol. The molecule has 122 valence electrons. The van der Waals surface area contributed by atoms with Gasteiger partial charge in [-0.05, 0) is 40.8 Å². The molecule has 1 aliphatic rings. The maximum atomic E-state index is 12.1. The molecule has 1 heterocycles. The summed E-state index contributed by atoms with van der Waals surface area (Å²) in [5.41, 5.74) is 3.04. The fraction of sp³-hybridized carbons (Fsp3) is 0.200. The number of hydrogen-bond acceptors (Lipinski definition) is 3. The van der Waals surface area contributed by atoms with E-state index in [1.165, 1.54) is 5.56 Å². The summed E-state index contributed by atoms with van der Waals surface area (Å²) in [5, 5.41) is 0.566. The van der Waals surface area contributed by atoms with E-state index in [1.807, 2.05) is 42.5 Å². The molecule has 0 atom stereocenters. The molecule has 0 spiro atoms. The van der Waals surface area contributed by atoms with E-state index in [1.54, 1.807) is 12.1 Å². The molecule has 0 radical (unpaired) electrons. The molecule has 3 nitrogen and oxygen atoms in total. The Balaban J connectivity index is 1.91. The fourth-order valence-corrected chi connectivity index (χ4v) is 2.58. The van der Waals surface area contributed by atoms with Crippen LogP contribution in [0.1, 0.15) is 37.5 Å². The first-order valence-corrected chi connectivity index (χ1v) is 8.10. The van der Waals surface area contributed by atoms with Gasteiger partial charge in [0.05, 0.1) is 0 Å². The second kappa shape index (κ2) is 6.25. The molecule has 3 rings (SSSR count). The van der Waals surface area contributed by atoms with E-state index in [9.17, 15) is 4.79 Å². The van der Waals surface area contributed by atoms with Crippen molar-refractivity contribution in [2.75, 3.05) is 0 Å². The molecule has 0 amide bonds. The lowest BCUT2D eigenvalue weighted by Crippen LogP contribution is -2.11. The monoisotopic (exact) mass is 339 g/mol. The number of nitrogens with zero attached hydrogens (tertiary/aromatic N) is 1. The van der Waals surface area contributed by atoms with Crippen molar-refractivity contribution in [3.63, 3.8) is 0 Å². The molecule has 0 aromatic heterocycles. The normalized spacial score (nSPS) is 16.2. The van der Waals surface area contributed by atoms with Gasteiger partial charge in [-0.25, -0.2) is 9.79 Å². The zero-order valence-electron chi connectivity index (χ0n) is 13.8. The van der Waals surface area contributed by atoms with Crippen LogP contribution in [0.3, 0.4) is 0 Å². The average Bonchev–Trinajstić information content (AvgIpc) is 2.90. The maximum Gasteiger partial charge on any atom is 0.363 e. The highest BCUT2D eigenvalue weighted by Crippen LogP contribution is 2.25. The highest BCUT2D eigenvalue weighted by atomic mass is 35.5. The van der Waals surface area contributed by atoms with Crippen molar-refractivity contribution < 1.29 is 9.53 Å². The highest BCUT2D eigenvalue weighted by molar-refractivity contribution is 6.32. The molecule has 2 aromatic rings. The summed E-state index contributed by atoms with van der Waals surface area (Å²) < 4.78 is 5.30. The molecule has 2 aromatic carbocycles. The van der Waals surface area contributed by atoms with Crippen LogP contribution in [0.15, 0.2) is 59.2 Å². The quantitative estimate of drug-likeness (QED) is 0.571. The van der Waals surface area contributed by atoms with Gasteiger partial charge in [0, 0.05) is 10.6 Å². The Morgan fingerprint density at radius 2 is 1.71 bits per heavy atom. The van der Waals surface area contributed by atoms with Crippen molar-refractivity contribution in [2.45, 2.75) is 26.2 Å². The van der Waals surface area contributed by atoms with Gasteiger partial charge in [-0.15, -0.1) is 0 Å². The molecular formula is C20H18ClNO2. The molecule has 0 aliphatic carbocycles. The van der Waals surface area contributed by atoms with Gasteiger partial charge in [0.25, 0.3) is 0 Å². The molecule has 0 saturated heterocycles. The van der Waals surface area contributed by atoms with Gasteiger partial charge in [-0.1, -0.05) is 62.7 Å². The highest BCUT2D eigenvalue weighted by Gasteiger charge is 2.24. The molecule has 24 heavy (non-hydrogen) atoms. The SMILES string of the molecule is CC(C)(C)c1ccc(C2=NC(=Cc3ccccc3Cl)C(=O)O2)cc1. The van der Waals surface area contributed by atoms with E-state index in [-0.39, 0.29) is 11.1 Å². The number of cyclic esters (lactones) is 1. The molecular weight excluding hydrogens is 322 g/mol. The third-order valence-electron chi connectivity index (χ3n) is 3.82. The number of benzene rings is 2. The number of carbonyl (C=O) groups is 1. The predicted octanol–water partition coefficient (Wildman–Crippen LogP) is 4.98.